The normalized spacial score (nSPS) is 12.5. The van der Waals surface area contributed by atoms with Gasteiger partial charge in [-0.05, 0) is 48.9 Å². The molecule has 40 heavy (non-hydrogen) atoms. The van der Waals surface area contributed by atoms with Gasteiger partial charge in [-0.2, -0.15) is 5.10 Å². The minimum Gasteiger partial charge on any atom is -0.497 e. The number of nitrogens with zero attached hydrogens (tertiary/aromatic N) is 3. The lowest BCUT2D eigenvalue weighted by molar-refractivity contribution is 0.1000. The number of hydrogen-bond acceptors (Lipinski definition) is 8. The van der Waals surface area contributed by atoms with Gasteiger partial charge in [-0.15, -0.1) is 0 Å². The summed E-state index contributed by atoms with van der Waals surface area (Å²) in [7, 11) is 3.14. The quantitative estimate of drug-likeness (QED) is 0.176. The van der Waals surface area contributed by atoms with E-state index in [0.717, 1.165) is 17.0 Å². The van der Waals surface area contributed by atoms with Gasteiger partial charge in [0.15, 0.2) is 11.6 Å². The molecule has 13 heteroatoms. The first kappa shape index (κ1) is 28.1. The summed E-state index contributed by atoms with van der Waals surface area (Å²) < 4.78 is 27.4. The summed E-state index contributed by atoms with van der Waals surface area (Å²) in [6.07, 6.45) is 0.459. The Balaban J connectivity index is 1.68. The summed E-state index contributed by atoms with van der Waals surface area (Å²) in [5.41, 5.74) is 7.47. The summed E-state index contributed by atoms with van der Waals surface area (Å²) >= 11 is 0. The first-order valence-electron chi connectivity index (χ1n) is 12.3. The Morgan fingerprint density at radius 1 is 1.12 bits per heavy atom. The number of aromatic nitrogens is 3. The Morgan fingerprint density at radius 2 is 1.88 bits per heavy atom. The summed E-state index contributed by atoms with van der Waals surface area (Å²) in [5, 5.41) is 22.9. The number of pyridine rings is 1. The largest absolute Gasteiger partial charge is 0.497 e. The fourth-order valence-electron chi connectivity index (χ4n) is 4.26. The molecule has 210 valence electrons. The number of carbonyl (C=O) groups excluding carboxylic acids is 1. The number of fused-ring (bicyclic) bond motifs is 1. The Bertz CT molecular complexity index is 1510. The van der Waals surface area contributed by atoms with Gasteiger partial charge in [0.1, 0.15) is 11.6 Å². The van der Waals surface area contributed by atoms with Gasteiger partial charge in [-0.3, -0.25) is 9.48 Å². The SMILES string of the molecule is COCCn1ncc2cc(Nc3nc(N[C@H](c4ccc(OC)cc4)[C@H](C)NC(=O)O)c(F)cc3C(N)=O)ccc21. The molecule has 0 radical (unpaired) electrons. The summed E-state index contributed by atoms with van der Waals surface area (Å²) in [5.74, 6) is -1.29. The van der Waals surface area contributed by atoms with Gasteiger partial charge < -0.3 is 36.3 Å². The van der Waals surface area contributed by atoms with E-state index in [1.54, 1.807) is 55.2 Å². The van der Waals surface area contributed by atoms with Crippen LogP contribution in [0.5, 0.6) is 5.75 Å². The molecule has 2 atom stereocenters. The molecule has 4 rings (SSSR count). The number of ether oxygens (including phenoxy) is 2. The van der Waals surface area contributed by atoms with Crippen LogP contribution < -0.4 is 26.4 Å². The Kier molecular flexibility index (Phi) is 8.64. The molecule has 12 nitrogen and oxygen atoms in total. The average Bonchev–Trinajstić information content (AvgIpc) is 3.33. The van der Waals surface area contributed by atoms with Crippen molar-refractivity contribution in [2.45, 2.75) is 25.6 Å². The second-order valence-corrected chi connectivity index (χ2v) is 8.97. The van der Waals surface area contributed by atoms with E-state index in [4.69, 9.17) is 15.2 Å². The molecule has 0 aliphatic carbocycles. The van der Waals surface area contributed by atoms with Crippen LogP contribution in [0.1, 0.15) is 28.9 Å². The molecule has 0 aliphatic heterocycles. The van der Waals surface area contributed by atoms with Crippen LogP contribution in [0.2, 0.25) is 0 Å². The number of primary amides is 1. The third-order valence-electron chi connectivity index (χ3n) is 6.27. The minimum absolute atomic E-state index is 0.0230. The van der Waals surface area contributed by atoms with Gasteiger partial charge in [0, 0.05) is 18.2 Å². The first-order chi connectivity index (χ1) is 19.2. The van der Waals surface area contributed by atoms with Crippen LogP contribution in [0.3, 0.4) is 0 Å². The van der Waals surface area contributed by atoms with Crippen molar-refractivity contribution in [1.82, 2.24) is 20.1 Å². The van der Waals surface area contributed by atoms with Crippen LogP contribution >= 0.6 is 0 Å². The smallest absolute Gasteiger partial charge is 0.404 e. The maximum Gasteiger partial charge on any atom is 0.404 e. The molecule has 0 bridgehead atoms. The Labute approximate surface area is 229 Å². The lowest BCUT2D eigenvalue weighted by Gasteiger charge is -2.27. The fourth-order valence-corrected chi connectivity index (χ4v) is 4.26. The van der Waals surface area contributed by atoms with Crippen LogP contribution in [0.25, 0.3) is 10.9 Å². The number of rotatable bonds is 12. The van der Waals surface area contributed by atoms with Gasteiger partial charge in [-0.1, -0.05) is 12.1 Å². The number of benzene rings is 2. The van der Waals surface area contributed by atoms with E-state index in [-0.39, 0.29) is 17.2 Å². The van der Waals surface area contributed by atoms with Crippen molar-refractivity contribution in [2.24, 2.45) is 5.73 Å². The van der Waals surface area contributed by atoms with Gasteiger partial charge in [-0.25, -0.2) is 14.2 Å². The van der Waals surface area contributed by atoms with Crippen LogP contribution in [-0.2, 0) is 11.3 Å². The number of anilines is 3. The Hall–Kier alpha value is -4.91. The van der Waals surface area contributed by atoms with Gasteiger partial charge in [0.05, 0.1) is 49.6 Å². The number of carboxylic acid groups (broad SMARTS) is 1. The lowest BCUT2D eigenvalue weighted by atomic mass is 10.00. The van der Waals surface area contributed by atoms with E-state index in [1.165, 1.54) is 7.11 Å². The third-order valence-corrected chi connectivity index (χ3v) is 6.27. The monoisotopic (exact) mass is 551 g/mol. The van der Waals surface area contributed by atoms with Crippen molar-refractivity contribution in [2.75, 3.05) is 31.5 Å². The van der Waals surface area contributed by atoms with Gasteiger partial charge in [0.2, 0.25) is 0 Å². The van der Waals surface area contributed by atoms with Crippen LogP contribution in [0.15, 0.2) is 54.7 Å². The zero-order chi connectivity index (χ0) is 28.8. The standard InChI is InChI=1S/C27H30FN7O5/c1-15(31-27(37)38)23(16-4-7-19(40-3)8-5-16)33-26-21(28)13-20(24(29)36)25(34-26)32-18-6-9-22-17(12-18)14-30-35(22)10-11-39-2/h4-9,12-15,23,31H,10-11H2,1-3H3,(H2,29,36)(H,37,38)(H2,32,33,34)/t15-,23-/m0/s1. The molecule has 0 saturated heterocycles. The lowest BCUT2D eigenvalue weighted by Crippen LogP contribution is -2.39. The molecule has 2 amide bonds. The highest BCUT2D eigenvalue weighted by atomic mass is 19.1. The van der Waals surface area contributed by atoms with Crippen molar-refractivity contribution in [3.63, 3.8) is 0 Å². The van der Waals surface area contributed by atoms with E-state index in [1.807, 2.05) is 12.1 Å². The molecule has 6 N–H and O–H groups in total. The predicted molar refractivity (Wildman–Crippen MR) is 148 cm³/mol. The number of amides is 2. The zero-order valence-electron chi connectivity index (χ0n) is 22.1. The molecule has 0 aliphatic rings. The molecule has 2 aromatic carbocycles. The molecule has 4 aromatic rings. The maximum absolute atomic E-state index is 15.2. The summed E-state index contributed by atoms with van der Waals surface area (Å²) in [6.45, 7) is 2.72. The molecule has 2 heterocycles. The number of nitrogens with two attached hydrogens (primary N) is 1. The first-order valence-corrected chi connectivity index (χ1v) is 12.3. The van der Waals surface area contributed by atoms with Crippen molar-refractivity contribution < 1.29 is 28.6 Å². The van der Waals surface area contributed by atoms with E-state index < -0.39 is 29.9 Å². The predicted octanol–water partition coefficient (Wildman–Crippen LogP) is 3.88. The minimum atomic E-state index is -1.24. The van der Waals surface area contributed by atoms with Crippen molar-refractivity contribution in [1.29, 1.82) is 0 Å². The number of nitrogens with one attached hydrogen (secondary N) is 3. The van der Waals surface area contributed by atoms with Gasteiger partial charge in [0.25, 0.3) is 5.91 Å². The third kappa shape index (κ3) is 6.38. The van der Waals surface area contributed by atoms with Crippen LogP contribution in [-0.4, -0.2) is 58.7 Å². The highest BCUT2D eigenvalue weighted by Crippen LogP contribution is 2.30. The molecule has 0 spiro atoms. The topological polar surface area (TPSA) is 166 Å². The van der Waals surface area contributed by atoms with Crippen LogP contribution in [0, 0.1) is 5.82 Å². The van der Waals surface area contributed by atoms with Gasteiger partial charge >= 0.3 is 6.09 Å². The summed E-state index contributed by atoms with van der Waals surface area (Å²) in [4.78, 5) is 27.9. The molecule has 2 aromatic heterocycles. The Morgan fingerprint density at radius 3 is 2.52 bits per heavy atom. The zero-order valence-corrected chi connectivity index (χ0v) is 22.1. The van der Waals surface area contributed by atoms with Crippen molar-refractivity contribution in [3.05, 3.63) is 71.7 Å². The number of hydrogen-bond donors (Lipinski definition) is 5. The highest BCUT2D eigenvalue weighted by molar-refractivity contribution is 5.99. The number of halogens is 1. The van der Waals surface area contributed by atoms with E-state index >= 15 is 4.39 Å². The van der Waals surface area contributed by atoms with E-state index in [9.17, 15) is 14.7 Å². The second kappa shape index (κ2) is 12.3. The van der Waals surface area contributed by atoms with E-state index in [0.29, 0.717) is 30.2 Å². The van der Waals surface area contributed by atoms with Crippen molar-refractivity contribution >= 4 is 40.2 Å². The number of carbonyl (C=O) groups is 2. The second-order valence-electron chi connectivity index (χ2n) is 8.97. The van der Waals surface area contributed by atoms with Crippen molar-refractivity contribution in [3.8, 4) is 5.75 Å². The average molecular weight is 552 g/mol. The molecular formula is C27H30FN7O5. The highest BCUT2D eigenvalue weighted by Gasteiger charge is 2.25. The summed E-state index contributed by atoms with van der Waals surface area (Å²) in [6, 6.07) is 11.9. The molecular weight excluding hydrogens is 521 g/mol. The molecule has 0 fully saturated rings. The molecule has 0 saturated carbocycles. The fraction of sp³-hybridized carbons (Fsp3) is 0.259. The maximum atomic E-state index is 15.2. The molecule has 0 unspecified atom stereocenters. The number of methoxy groups -OCH3 is 2. The van der Waals surface area contributed by atoms with Crippen LogP contribution in [0.4, 0.5) is 26.5 Å². The van der Waals surface area contributed by atoms with E-state index in [2.05, 4.69) is 26.0 Å².